The van der Waals surface area contributed by atoms with E-state index in [1.807, 2.05) is 36.4 Å². The third kappa shape index (κ3) is 4.09. The van der Waals surface area contributed by atoms with Gasteiger partial charge >= 0.3 is 0 Å². The van der Waals surface area contributed by atoms with Gasteiger partial charge in [-0.25, -0.2) is 0 Å². The third-order valence-electron chi connectivity index (χ3n) is 3.11. The first-order valence-corrected chi connectivity index (χ1v) is 7.75. The normalized spacial score (nSPS) is 12.2. The Labute approximate surface area is 129 Å². The number of ether oxygens (including phenoxy) is 1. The average Bonchev–Trinajstić information content (AvgIpc) is 2.46. The minimum atomic E-state index is 0.266. The fourth-order valence-corrected chi connectivity index (χ4v) is 2.38. The number of nitrogens with one attached hydrogen (secondary N) is 1. The lowest BCUT2D eigenvalue weighted by atomic mass is 10.1. The molecule has 1 atom stereocenters. The van der Waals surface area contributed by atoms with Crippen molar-refractivity contribution in [2.75, 3.05) is 6.54 Å². The van der Waals surface area contributed by atoms with Crippen LogP contribution in [0.5, 0.6) is 11.5 Å². The molecule has 0 saturated heterocycles. The van der Waals surface area contributed by atoms with Gasteiger partial charge in [-0.15, -0.1) is 0 Å². The first-order chi connectivity index (χ1) is 9.70. The van der Waals surface area contributed by atoms with Crippen molar-refractivity contribution < 1.29 is 4.74 Å². The largest absolute Gasteiger partial charge is 0.457 e. The smallest absolute Gasteiger partial charge is 0.133 e. The molecule has 0 fully saturated rings. The molecule has 1 N–H and O–H groups in total. The van der Waals surface area contributed by atoms with Crippen LogP contribution in [0.2, 0.25) is 0 Å². The second-order valence-corrected chi connectivity index (χ2v) is 5.69. The zero-order valence-corrected chi connectivity index (χ0v) is 13.5. The number of benzene rings is 2. The van der Waals surface area contributed by atoms with Gasteiger partial charge in [0.15, 0.2) is 0 Å². The van der Waals surface area contributed by atoms with Crippen LogP contribution in [0.1, 0.15) is 31.9 Å². The summed E-state index contributed by atoms with van der Waals surface area (Å²) in [5.74, 6) is 1.75. The van der Waals surface area contributed by atoms with E-state index in [0.717, 1.165) is 28.9 Å². The molecule has 0 bridgehead atoms. The van der Waals surface area contributed by atoms with Gasteiger partial charge in [-0.1, -0.05) is 47.1 Å². The fourth-order valence-electron chi connectivity index (χ4n) is 2.04. The molecule has 1 unspecified atom stereocenters. The quantitative estimate of drug-likeness (QED) is 0.774. The lowest BCUT2D eigenvalue weighted by Crippen LogP contribution is -2.19. The Balaban J connectivity index is 2.24. The van der Waals surface area contributed by atoms with E-state index in [0.29, 0.717) is 0 Å². The van der Waals surface area contributed by atoms with Crippen LogP contribution in [-0.4, -0.2) is 6.54 Å². The molecule has 2 aromatic rings. The zero-order valence-electron chi connectivity index (χ0n) is 11.9. The maximum atomic E-state index is 6.02. The summed E-state index contributed by atoms with van der Waals surface area (Å²) in [6.45, 7) is 5.33. The number of halogens is 1. The molecule has 2 nitrogen and oxygen atoms in total. The van der Waals surface area contributed by atoms with Gasteiger partial charge in [-0.2, -0.15) is 0 Å². The molecule has 0 heterocycles. The van der Waals surface area contributed by atoms with Gasteiger partial charge < -0.3 is 10.1 Å². The van der Waals surface area contributed by atoms with Gasteiger partial charge in [-0.3, -0.25) is 0 Å². The number of hydrogen-bond donors (Lipinski definition) is 1. The maximum Gasteiger partial charge on any atom is 0.133 e. The van der Waals surface area contributed by atoms with Gasteiger partial charge in [0, 0.05) is 16.1 Å². The number of rotatable bonds is 6. The van der Waals surface area contributed by atoms with E-state index in [4.69, 9.17) is 4.74 Å². The summed E-state index contributed by atoms with van der Waals surface area (Å²) in [5.41, 5.74) is 1.17. The fraction of sp³-hybridized carbons (Fsp3) is 0.294. The van der Waals surface area contributed by atoms with E-state index in [-0.39, 0.29) is 6.04 Å². The monoisotopic (exact) mass is 333 g/mol. The molecule has 2 aromatic carbocycles. The molecule has 0 spiro atoms. The average molecular weight is 334 g/mol. The van der Waals surface area contributed by atoms with Crippen LogP contribution in [0.25, 0.3) is 0 Å². The van der Waals surface area contributed by atoms with Crippen molar-refractivity contribution in [3.63, 3.8) is 0 Å². The Kier molecular flexibility index (Phi) is 5.62. The molecule has 0 aliphatic rings. The molecule has 20 heavy (non-hydrogen) atoms. The van der Waals surface area contributed by atoms with Crippen LogP contribution in [0.15, 0.2) is 53.0 Å². The molecule has 0 aliphatic carbocycles. The van der Waals surface area contributed by atoms with Gasteiger partial charge in [0.25, 0.3) is 0 Å². The highest BCUT2D eigenvalue weighted by atomic mass is 79.9. The Morgan fingerprint density at radius 2 is 1.90 bits per heavy atom. The summed E-state index contributed by atoms with van der Waals surface area (Å²) < 4.78 is 7.04. The minimum Gasteiger partial charge on any atom is -0.457 e. The van der Waals surface area contributed by atoms with Gasteiger partial charge in [0.1, 0.15) is 11.5 Å². The van der Waals surface area contributed by atoms with E-state index >= 15 is 0 Å². The standard InChI is InChI=1S/C17H20BrNO/c1-3-11-19-13(2)16-10-9-14(18)12-17(16)20-15-7-5-4-6-8-15/h4-10,12-13,19H,3,11H2,1-2H3. The highest BCUT2D eigenvalue weighted by Gasteiger charge is 2.12. The molecule has 106 valence electrons. The van der Waals surface area contributed by atoms with Gasteiger partial charge in [0.05, 0.1) is 0 Å². The van der Waals surface area contributed by atoms with Crippen molar-refractivity contribution in [1.29, 1.82) is 0 Å². The van der Waals surface area contributed by atoms with Crippen molar-refractivity contribution in [2.45, 2.75) is 26.3 Å². The van der Waals surface area contributed by atoms with E-state index in [2.05, 4.69) is 47.2 Å². The minimum absolute atomic E-state index is 0.266. The number of para-hydroxylation sites is 1. The molecule has 2 rings (SSSR count). The third-order valence-corrected chi connectivity index (χ3v) is 3.61. The van der Waals surface area contributed by atoms with Crippen LogP contribution in [0, 0.1) is 0 Å². The summed E-state index contributed by atoms with van der Waals surface area (Å²) in [7, 11) is 0. The van der Waals surface area contributed by atoms with Crippen LogP contribution < -0.4 is 10.1 Å². The lowest BCUT2D eigenvalue weighted by molar-refractivity contribution is 0.460. The Morgan fingerprint density at radius 1 is 1.15 bits per heavy atom. The predicted octanol–water partition coefficient (Wildman–Crippen LogP) is 5.30. The van der Waals surface area contributed by atoms with Gasteiger partial charge in [-0.05, 0) is 44.2 Å². The summed E-state index contributed by atoms with van der Waals surface area (Å²) in [5, 5.41) is 3.50. The molecule has 0 radical (unpaired) electrons. The van der Waals surface area contributed by atoms with E-state index in [1.54, 1.807) is 0 Å². The van der Waals surface area contributed by atoms with E-state index < -0.39 is 0 Å². The van der Waals surface area contributed by atoms with Crippen LogP contribution in [0.4, 0.5) is 0 Å². The summed E-state index contributed by atoms with van der Waals surface area (Å²) in [6, 6.07) is 16.3. The highest BCUT2D eigenvalue weighted by Crippen LogP contribution is 2.32. The Bertz CT molecular complexity index is 542. The van der Waals surface area contributed by atoms with Crippen molar-refractivity contribution >= 4 is 15.9 Å². The topological polar surface area (TPSA) is 21.3 Å². The lowest BCUT2D eigenvalue weighted by Gasteiger charge is -2.18. The van der Waals surface area contributed by atoms with E-state index in [9.17, 15) is 0 Å². The first kappa shape index (κ1) is 15.1. The van der Waals surface area contributed by atoms with Crippen LogP contribution in [0.3, 0.4) is 0 Å². The van der Waals surface area contributed by atoms with Crippen molar-refractivity contribution in [3.8, 4) is 11.5 Å². The molecule has 3 heteroatoms. The van der Waals surface area contributed by atoms with Crippen molar-refractivity contribution in [2.24, 2.45) is 0 Å². The molecular weight excluding hydrogens is 314 g/mol. The van der Waals surface area contributed by atoms with Crippen LogP contribution in [-0.2, 0) is 0 Å². The van der Waals surface area contributed by atoms with Gasteiger partial charge in [0.2, 0.25) is 0 Å². The molecule has 0 aromatic heterocycles. The zero-order chi connectivity index (χ0) is 14.4. The first-order valence-electron chi connectivity index (χ1n) is 6.96. The molecule has 0 amide bonds. The second kappa shape index (κ2) is 7.46. The summed E-state index contributed by atoms with van der Waals surface area (Å²) in [6.07, 6.45) is 1.12. The second-order valence-electron chi connectivity index (χ2n) is 4.77. The maximum absolute atomic E-state index is 6.02. The molecule has 0 aliphatic heterocycles. The van der Waals surface area contributed by atoms with Crippen molar-refractivity contribution in [1.82, 2.24) is 5.32 Å². The highest BCUT2D eigenvalue weighted by molar-refractivity contribution is 9.10. The summed E-state index contributed by atoms with van der Waals surface area (Å²) >= 11 is 3.51. The Hall–Kier alpha value is -1.32. The summed E-state index contributed by atoms with van der Waals surface area (Å²) in [4.78, 5) is 0. The predicted molar refractivity (Wildman–Crippen MR) is 87.4 cm³/mol. The van der Waals surface area contributed by atoms with Crippen LogP contribution >= 0.6 is 15.9 Å². The van der Waals surface area contributed by atoms with Crippen molar-refractivity contribution in [3.05, 3.63) is 58.6 Å². The Morgan fingerprint density at radius 3 is 2.60 bits per heavy atom. The van der Waals surface area contributed by atoms with E-state index in [1.165, 1.54) is 5.56 Å². The molecular formula is C17H20BrNO. The number of hydrogen-bond acceptors (Lipinski definition) is 2. The SMILES string of the molecule is CCCNC(C)c1ccc(Br)cc1Oc1ccccc1. The molecule has 0 saturated carbocycles.